The highest BCUT2D eigenvalue weighted by molar-refractivity contribution is 6.10. The number of unbranched alkanes of at least 4 members (excludes halogenated alkanes) is 18. The van der Waals surface area contributed by atoms with Crippen molar-refractivity contribution in [2.75, 3.05) is 23.2 Å². The molecule has 0 N–H and O–H groups in total. The van der Waals surface area contributed by atoms with Gasteiger partial charge in [0.1, 0.15) is 34.5 Å². The quantitative estimate of drug-likeness (QED) is 0.0214. The minimum atomic E-state index is -5.08. The third-order valence-electron chi connectivity index (χ3n) is 13.9. The van der Waals surface area contributed by atoms with Crippen molar-refractivity contribution in [3.8, 4) is 34.5 Å². The molecule has 18 heteroatoms. The first-order valence-corrected chi connectivity index (χ1v) is 29.5. The largest absolute Gasteiger partial charge is 0.494 e. The first-order valence-electron chi connectivity index (χ1n) is 29.5. The van der Waals surface area contributed by atoms with Gasteiger partial charge in [0.15, 0.2) is 0 Å². The Kier molecular flexibility index (Phi) is 25.2. The van der Waals surface area contributed by atoms with Crippen LogP contribution in [0.5, 0.6) is 34.5 Å². The Balaban J connectivity index is 0.837. The predicted molar refractivity (Wildman–Crippen MR) is 319 cm³/mol. The number of urea groups is 1. The summed E-state index contributed by atoms with van der Waals surface area (Å²) in [6.45, 7) is 5.64. The molecule has 6 aromatic rings. The van der Waals surface area contributed by atoms with Gasteiger partial charge in [-0.2, -0.15) is 23.2 Å². The molecule has 0 fully saturated rings. The van der Waals surface area contributed by atoms with E-state index in [1.807, 2.05) is 0 Å². The summed E-state index contributed by atoms with van der Waals surface area (Å²) < 4.78 is 76.2. The van der Waals surface area contributed by atoms with Crippen LogP contribution < -0.4 is 43.9 Å². The summed E-state index contributed by atoms with van der Waals surface area (Å²) in [5.74, 6) is -2.79. The highest BCUT2D eigenvalue weighted by Gasteiger charge is 2.45. The number of nitrogens with zero attached hydrogens (tertiary/aromatic N) is 4. The number of carbonyl (C=O) groups is 5. The highest BCUT2D eigenvalue weighted by atomic mass is 19.4. The number of rotatable bonds is 34. The lowest BCUT2D eigenvalue weighted by Crippen LogP contribution is -2.55. The van der Waals surface area contributed by atoms with E-state index in [0.29, 0.717) is 45.9 Å². The number of carbonyl (C=O) groups excluding carboxylic acids is 5. The van der Waals surface area contributed by atoms with Crippen LogP contribution in [0.4, 0.5) is 29.3 Å². The van der Waals surface area contributed by atoms with E-state index in [9.17, 15) is 37.1 Å². The molecule has 0 atom stereocenters. The Bertz CT molecular complexity index is 3080. The zero-order valence-corrected chi connectivity index (χ0v) is 48.3. The Morgan fingerprint density at radius 3 is 0.918 bits per heavy atom. The predicted octanol–water partition coefficient (Wildman–Crippen LogP) is 17.0. The minimum absolute atomic E-state index is 0.00646. The number of hydrogen-bond donors (Lipinski definition) is 0. The van der Waals surface area contributed by atoms with Crippen molar-refractivity contribution in [1.29, 1.82) is 0 Å². The van der Waals surface area contributed by atoms with Gasteiger partial charge < -0.3 is 28.4 Å². The monoisotopic (exact) mass is 1170 g/mol. The molecule has 7 rings (SSSR count). The topological polar surface area (TPSA) is 174 Å². The van der Waals surface area contributed by atoms with Gasteiger partial charge in [0.05, 0.1) is 46.8 Å². The van der Waals surface area contributed by atoms with Gasteiger partial charge in [-0.15, -0.1) is 10.5 Å². The summed E-state index contributed by atoms with van der Waals surface area (Å²) in [5.41, 5.74) is 4.05. The van der Waals surface area contributed by atoms with E-state index in [2.05, 4.69) is 24.4 Å². The molecule has 15 nitrogen and oxygen atoms in total. The second-order valence-corrected chi connectivity index (χ2v) is 20.6. The fourth-order valence-corrected chi connectivity index (χ4v) is 9.06. The minimum Gasteiger partial charge on any atom is -0.494 e. The number of alkyl halides is 3. The Morgan fingerprint density at radius 2 is 0.624 bits per heavy atom. The Labute approximate surface area is 495 Å². The second kappa shape index (κ2) is 33.6. The number of halogens is 3. The van der Waals surface area contributed by atoms with E-state index in [-0.39, 0.29) is 45.5 Å². The number of ether oxygens (including phenoxy) is 6. The van der Waals surface area contributed by atoms with Gasteiger partial charge in [0, 0.05) is 0 Å². The average Bonchev–Trinajstić information content (AvgIpc) is 2.07. The third-order valence-corrected chi connectivity index (χ3v) is 13.9. The van der Waals surface area contributed by atoms with Crippen molar-refractivity contribution in [3.63, 3.8) is 0 Å². The summed E-state index contributed by atoms with van der Waals surface area (Å²) >= 11 is 0. The van der Waals surface area contributed by atoms with Crippen LogP contribution in [0.3, 0.4) is 0 Å². The number of hydrogen-bond acceptors (Lipinski definition) is 12. The smallest absolute Gasteiger partial charge is 0.455 e. The van der Waals surface area contributed by atoms with Crippen molar-refractivity contribution in [2.24, 2.45) is 5.10 Å². The average molecular weight is 1170 g/mol. The molecule has 1 heterocycles. The van der Waals surface area contributed by atoms with Gasteiger partial charge in [-0.1, -0.05) is 129 Å². The molecule has 1 aliphatic heterocycles. The molecule has 449 valence electrons. The molecule has 0 saturated carbocycles. The van der Waals surface area contributed by atoms with Crippen LogP contribution in [0.25, 0.3) is 0 Å². The number of amidine groups is 1. The van der Waals surface area contributed by atoms with E-state index in [0.717, 1.165) is 25.7 Å². The maximum atomic E-state index is 14.2. The molecule has 0 aromatic heterocycles. The van der Waals surface area contributed by atoms with Gasteiger partial charge >= 0.3 is 36.1 Å². The van der Waals surface area contributed by atoms with Gasteiger partial charge in [0.2, 0.25) is 0 Å². The summed E-state index contributed by atoms with van der Waals surface area (Å²) in [6, 6.07) is 33.5. The maximum absolute atomic E-state index is 14.2. The second-order valence-electron chi connectivity index (χ2n) is 20.6. The first kappa shape index (κ1) is 63.9. The summed E-state index contributed by atoms with van der Waals surface area (Å²) in [7, 11) is 0. The zero-order chi connectivity index (χ0) is 60.2. The lowest BCUT2D eigenvalue weighted by molar-refractivity contribution is -0.0625. The molecule has 85 heavy (non-hydrogen) atoms. The number of hydrazone groups is 1. The zero-order valence-electron chi connectivity index (χ0n) is 48.3. The van der Waals surface area contributed by atoms with Crippen LogP contribution in [0.1, 0.15) is 184 Å². The summed E-state index contributed by atoms with van der Waals surface area (Å²) in [4.78, 5) is 65.6. The normalized spacial score (nSPS) is 12.2. The van der Waals surface area contributed by atoms with Crippen molar-refractivity contribution in [1.82, 2.24) is 5.43 Å². The van der Waals surface area contributed by atoms with Crippen molar-refractivity contribution in [2.45, 2.75) is 148 Å². The molecule has 2 amide bonds. The van der Waals surface area contributed by atoms with Gasteiger partial charge in [0.25, 0.3) is 5.84 Å². The van der Waals surface area contributed by atoms with Crippen LogP contribution in [0.2, 0.25) is 0 Å². The summed E-state index contributed by atoms with van der Waals surface area (Å²) in [6.07, 6.45) is 19.6. The number of benzene rings is 6. The molecule has 0 unspecified atom stereocenters. The van der Waals surface area contributed by atoms with E-state index in [1.54, 1.807) is 48.5 Å². The van der Waals surface area contributed by atoms with Crippen molar-refractivity contribution < 1.29 is 65.6 Å². The van der Waals surface area contributed by atoms with Gasteiger partial charge in [-0.25, -0.2) is 24.0 Å². The van der Waals surface area contributed by atoms with Gasteiger partial charge in [-0.05, 0) is 158 Å². The fraction of sp³-hybridized carbons (Fsp3) is 0.373. The van der Waals surface area contributed by atoms with Crippen LogP contribution in [0, 0.1) is 0 Å². The Morgan fingerprint density at radius 1 is 0.365 bits per heavy atom. The summed E-state index contributed by atoms with van der Waals surface area (Å²) in [5, 5.41) is 4.45. The van der Waals surface area contributed by atoms with Crippen molar-refractivity contribution in [3.05, 3.63) is 168 Å². The molecule has 6 aromatic carbocycles. The number of esters is 4. The fourth-order valence-electron chi connectivity index (χ4n) is 9.06. The first-order chi connectivity index (χ1) is 41.3. The lowest BCUT2D eigenvalue weighted by atomic mass is 10.1. The van der Waals surface area contributed by atoms with E-state index < -0.39 is 41.9 Å². The Hall–Kier alpha value is -8.67. The standard InChI is InChI=1S/C67H74F3N4O11/c1-3-5-7-9-11-13-15-17-19-21-47-80-55-35-23-49(24-36-55)61(75)82-57-39-27-51(28-40-57)63(77)84-59-43-31-53(32-44-59)73-66(79)74(72-65(71-73)67(68,69)70)54-33-45-60(46-34-54)85-64(78)52-29-41-58(42-30-52)83-62(76)50-25-37-56(38-26-50)81-48-22-20-18-16-14-12-10-8-6-4-2/h23-46H,3-22,47-48H2,1-2H3. The molecule has 0 bridgehead atoms. The highest BCUT2D eigenvalue weighted by Crippen LogP contribution is 2.31. The molecule has 1 radical (unpaired) electrons. The molecule has 0 saturated heterocycles. The van der Waals surface area contributed by atoms with E-state index in [1.165, 1.54) is 200 Å². The lowest BCUT2D eigenvalue weighted by Gasteiger charge is -2.32. The van der Waals surface area contributed by atoms with Gasteiger partial charge in [-0.3, -0.25) is 0 Å². The molecular formula is C67H74F3N4O11. The SMILES string of the molecule is CCCCCCCCCCCCOc1ccc(C(=O)Oc2ccc(C(=O)Oc3ccc(N4[N]C(C(F)(F)F)=NN(c5ccc(OC(=O)c6ccc(OC(=O)c7ccc(OCCCCCCCCCCCC)cc7)cc6)cc5)C4=O)cc3)cc2)cc1. The molecule has 0 aliphatic carbocycles. The number of amides is 2. The van der Waals surface area contributed by atoms with Crippen LogP contribution in [-0.2, 0) is 0 Å². The third kappa shape index (κ3) is 20.9. The van der Waals surface area contributed by atoms with E-state index >= 15 is 0 Å². The maximum Gasteiger partial charge on any atom is 0.455 e. The number of anilines is 2. The molecular weight excluding hydrogens is 1090 g/mol. The van der Waals surface area contributed by atoms with Crippen LogP contribution in [-0.4, -0.2) is 55.1 Å². The van der Waals surface area contributed by atoms with E-state index in [4.69, 9.17) is 28.4 Å². The van der Waals surface area contributed by atoms with Crippen LogP contribution >= 0.6 is 0 Å². The molecule has 1 aliphatic rings. The molecule has 0 spiro atoms. The van der Waals surface area contributed by atoms with Crippen LogP contribution in [0.15, 0.2) is 151 Å². The van der Waals surface area contributed by atoms with Crippen molar-refractivity contribution >= 4 is 47.1 Å².